The minimum Gasteiger partial charge on any atom is -0.478 e. The van der Waals surface area contributed by atoms with Crippen molar-refractivity contribution in [1.82, 2.24) is 4.57 Å². The van der Waals surface area contributed by atoms with Gasteiger partial charge in [-0.15, -0.1) is 0 Å². The van der Waals surface area contributed by atoms with Crippen molar-refractivity contribution in [1.29, 1.82) is 0 Å². The molecule has 94 valence electrons. The Balaban J connectivity index is 2.74. The quantitative estimate of drug-likeness (QED) is 0.904. The van der Waals surface area contributed by atoms with E-state index in [9.17, 15) is 9.59 Å². The summed E-state index contributed by atoms with van der Waals surface area (Å²) in [6.45, 7) is 5.73. The molecule has 0 fully saturated rings. The fraction of sp³-hybridized carbons (Fsp3) is 0.286. The SMILES string of the molecule is CC(=O)Cn1c(C)c(C)c2ccc(C(=O)O)cc21. The van der Waals surface area contributed by atoms with Crippen molar-refractivity contribution in [2.45, 2.75) is 27.3 Å². The fourth-order valence-corrected chi connectivity index (χ4v) is 2.21. The standard InChI is InChI=1S/C14H15NO3/c1-8(16)7-15-10(3)9(2)12-5-4-11(14(17)18)6-13(12)15/h4-6H,7H2,1-3H3,(H,17,18). The van der Waals surface area contributed by atoms with Gasteiger partial charge in [-0.3, -0.25) is 4.79 Å². The molecular weight excluding hydrogens is 230 g/mol. The monoisotopic (exact) mass is 245 g/mol. The molecule has 1 aromatic heterocycles. The number of hydrogen-bond donors (Lipinski definition) is 1. The summed E-state index contributed by atoms with van der Waals surface area (Å²) in [6, 6.07) is 5.02. The highest BCUT2D eigenvalue weighted by atomic mass is 16.4. The summed E-state index contributed by atoms with van der Waals surface area (Å²) in [6.07, 6.45) is 0. The van der Waals surface area contributed by atoms with E-state index in [1.54, 1.807) is 18.2 Å². The number of nitrogens with zero attached hydrogens (tertiary/aromatic N) is 1. The minimum absolute atomic E-state index is 0.0516. The van der Waals surface area contributed by atoms with Gasteiger partial charge in [0, 0.05) is 16.6 Å². The number of aromatic nitrogens is 1. The molecule has 2 rings (SSSR count). The van der Waals surface area contributed by atoms with Crippen LogP contribution in [-0.2, 0) is 11.3 Å². The first kappa shape index (κ1) is 12.4. The van der Waals surface area contributed by atoms with E-state index in [2.05, 4.69) is 0 Å². The largest absolute Gasteiger partial charge is 0.478 e. The number of benzene rings is 1. The molecule has 0 spiro atoms. The van der Waals surface area contributed by atoms with Gasteiger partial charge in [-0.2, -0.15) is 0 Å². The molecule has 0 unspecified atom stereocenters. The average molecular weight is 245 g/mol. The van der Waals surface area contributed by atoms with Crippen LogP contribution in [-0.4, -0.2) is 21.4 Å². The lowest BCUT2D eigenvalue weighted by Gasteiger charge is -2.06. The molecule has 0 saturated heterocycles. The van der Waals surface area contributed by atoms with E-state index < -0.39 is 5.97 Å². The second-order valence-corrected chi connectivity index (χ2v) is 4.54. The van der Waals surface area contributed by atoms with Crippen molar-refractivity contribution in [2.24, 2.45) is 0 Å². The predicted molar refractivity (Wildman–Crippen MR) is 69.1 cm³/mol. The highest BCUT2D eigenvalue weighted by Crippen LogP contribution is 2.26. The Bertz CT molecular complexity index is 653. The van der Waals surface area contributed by atoms with Gasteiger partial charge in [0.05, 0.1) is 12.1 Å². The summed E-state index contributed by atoms with van der Waals surface area (Å²) in [5, 5.41) is 10.0. The van der Waals surface area contributed by atoms with Crippen LogP contribution in [0.4, 0.5) is 0 Å². The van der Waals surface area contributed by atoms with E-state index in [0.717, 1.165) is 22.2 Å². The molecule has 0 radical (unpaired) electrons. The second-order valence-electron chi connectivity index (χ2n) is 4.54. The fourth-order valence-electron chi connectivity index (χ4n) is 2.21. The topological polar surface area (TPSA) is 59.3 Å². The van der Waals surface area contributed by atoms with Crippen molar-refractivity contribution in [3.63, 3.8) is 0 Å². The van der Waals surface area contributed by atoms with Crippen LogP contribution in [0.15, 0.2) is 18.2 Å². The number of rotatable bonds is 3. The van der Waals surface area contributed by atoms with Crippen LogP contribution in [0, 0.1) is 13.8 Å². The molecule has 0 atom stereocenters. The van der Waals surface area contributed by atoms with Crippen LogP contribution in [0.5, 0.6) is 0 Å². The molecule has 4 nitrogen and oxygen atoms in total. The van der Waals surface area contributed by atoms with Crippen LogP contribution in [0.3, 0.4) is 0 Å². The highest BCUT2D eigenvalue weighted by molar-refractivity contribution is 5.95. The zero-order valence-corrected chi connectivity index (χ0v) is 10.7. The number of carbonyl (C=O) groups is 2. The molecule has 1 heterocycles. The number of Topliss-reactive ketones (excluding diaryl/α,β-unsaturated/α-hetero) is 1. The number of fused-ring (bicyclic) bond motifs is 1. The van der Waals surface area contributed by atoms with Crippen LogP contribution in [0.25, 0.3) is 10.9 Å². The number of aromatic carboxylic acids is 1. The van der Waals surface area contributed by atoms with Gasteiger partial charge in [-0.25, -0.2) is 4.79 Å². The maximum absolute atomic E-state index is 11.3. The third-order valence-corrected chi connectivity index (χ3v) is 3.27. The molecule has 1 N–H and O–H groups in total. The van der Waals surface area contributed by atoms with Crippen molar-refractivity contribution in [2.75, 3.05) is 0 Å². The van der Waals surface area contributed by atoms with Gasteiger partial charge in [0.2, 0.25) is 0 Å². The zero-order valence-electron chi connectivity index (χ0n) is 10.7. The van der Waals surface area contributed by atoms with Gasteiger partial charge in [0.15, 0.2) is 0 Å². The molecule has 2 aromatic rings. The van der Waals surface area contributed by atoms with Crippen LogP contribution in [0.2, 0.25) is 0 Å². The normalized spacial score (nSPS) is 10.8. The Kier molecular flexibility index (Phi) is 2.95. The second kappa shape index (κ2) is 4.29. The molecule has 0 aliphatic carbocycles. The number of carboxylic acids is 1. The summed E-state index contributed by atoms with van der Waals surface area (Å²) in [4.78, 5) is 22.3. The van der Waals surface area contributed by atoms with Gasteiger partial charge < -0.3 is 9.67 Å². The van der Waals surface area contributed by atoms with Crippen molar-refractivity contribution in [3.8, 4) is 0 Å². The Morgan fingerprint density at radius 1 is 1.28 bits per heavy atom. The van der Waals surface area contributed by atoms with Crippen molar-refractivity contribution >= 4 is 22.7 Å². The lowest BCUT2D eigenvalue weighted by molar-refractivity contribution is -0.117. The molecule has 4 heteroatoms. The van der Waals surface area contributed by atoms with Crippen molar-refractivity contribution in [3.05, 3.63) is 35.0 Å². The Labute approximate surface area is 105 Å². The third kappa shape index (κ3) is 1.90. The smallest absolute Gasteiger partial charge is 0.335 e. The molecule has 0 bridgehead atoms. The summed E-state index contributed by atoms with van der Waals surface area (Å²) in [7, 11) is 0. The van der Waals surface area contributed by atoms with E-state index in [1.165, 1.54) is 6.92 Å². The number of aryl methyl sites for hydroxylation is 1. The molecular formula is C14H15NO3. The molecule has 0 aliphatic rings. The number of carbonyl (C=O) groups excluding carboxylic acids is 1. The zero-order chi connectivity index (χ0) is 13.4. The summed E-state index contributed by atoms with van der Waals surface area (Å²) >= 11 is 0. The maximum Gasteiger partial charge on any atom is 0.335 e. The lowest BCUT2D eigenvalue weighted by atomic mass is 10.1. The number of hydrogen-bond acceptors (Lipinski definition) is 2. The first-order valence-electron chi connectivity index (χ1n) is 5.74. The lowest BCUT2D eigenvalue weighted by Crippen LogP contribution is -2.08. The van der Waals surface area contributed by atoms with Crippen LogP contribution >= 0.6 is 0 Å². The molecule has 0 amide bonds. The highest BCUT2D eigenvalue weighted by Gasteiger charge is 2.14. The van der Waals surface area contributed by atoms with Crippen LogP contribution in [0.1, 0.15) is 28.5 Å². The average Bonchev–Trinajstić information content (AvgIpc) is 2.53. The van der Waals surface area contributed by atoms with Gasteiger partial charge >= 0.3 is 5.97 Å². The van der Waals surface area contributed by atoms with E-state index >= 15 is 0 Å². The van der Waals surface area contributed by atoms with E-state index in [0.29, 0.717) is 0 Å². The first-order chi connectivity index (χ1) is 8.41. The van der Waals surface area contributed by atoms with Gasteiger partial charge in [-0.1, -0.05) is 6.07 Å². The van der Waals surface area contributed by atoms with E-state index in [4.69, 9.17) is 5.11 Å². The Morgan fingerprint density at radius 3 is 2.50 bits per heavy atom. The Hall–Kier alpha value is -2.10. The Morgan fingerprint density at radius 2 is 1.94 bits per heavy atom. The van der Waals surface area contributed by atoms with Gasteiger partial charge in [0.1, 0.15) is 5.78 Å². The molecule has 18 heavy (non-hydrogen) atoms. The summed E-state index contributed by atoms with van der Waals surface area (Å²) in [5.41, 5.74) is 3.14. The van der Waals surface area contributed by atoms with Crippen molar-refractivity contribution < 1.29 is 14.7 Å². The maximum atomic E-state index is 11.3. The minimum atomic E-state index is -0.956. The molecule has 0 aliphatic heterocycles. The predicted octanol–water partition coefficient (Wildman–Crippen LogP) is 2.55. The first-order valence-corrected chi connectivity index (χ1v) is 5.74. The summed E-state index contributed by atoms with van der Waals surface area (Å²) in [5.74, 6) is -0.904. The van der Waals surface area contributed by atoms with Gasteiger partial charge in [-0.05, 0) is 38.5 Å². The molecule has 0 saturated carbocycles. The summed E-state index contributed by atoms with van der Waals surface area (Å²) < 4.78 is 1.87. The molecule has 1 aromatic carbocycles. The van der Waals surface area contributed by atoms with E-state index in [1.807, 2.05) is 18.4 Å². The number of ketones is 1. The van der Waals surface area contributed by atoms with Gasteiger partial charge in [0.25, 0.3) is 0 Å². The number of carboxylic acid groups (broad SMARTS) is 1. The van der Waals surface area contributed by atoms with Crippen LogP contribution < -0.4 is 0 Å². The third-order valence-electron chi connectivity index (χ3n) is 3.27. The van der Waals surface area contributed by atoms with E-state index in [-0.39, 0.29) is 17.9 Å².